The Hall–Kier alpha value is -1.51. The molecule has 0 heterocycles. The van der Waals surface area contributed by atoms with E-state index in [1.54, 1.807) is 32.4 Å². The highest BCUT2D eigenvalue weighted by molar-refractivity contribution is 5.99. The summed E-state index contributed by atoms with van der Waals surface area (Å²) in [6.45, 7) is 5.72. The fourth-order valence-corrected chi connectivity index (χ4v) is 1.46. The molecule has 0 fully saturated rings. The van der Waals surface area contributed by atoms with Crippen LogP contribution in [0.25, 0.3) is 0 Å². The molecule has 1 aromatic rings. The van der Waals surface area contributed by atoms with E-state index in [9.17, 15) is 4.79 Å². The van der Waals surface area contributed by atoms with Gasteiger partial charge >= 0.3 is 0 Å². The van der Waals surface area contributed by atoms with E-state index >= 15 is 0 Å². The van der Waals surface area contributed by atoms with Gasteiger partial charge in [0.1, 0.15) is 11.5 Å². The van der Waals surface area contributed by atoms with Crippen LogP contribution in [0.1, 0.15) is 23.7 Å². The molecule has 0 spiro atoms. The van der Waals surface area contributed by atoms with E-state index in [-0.39, 0.29) is 11.7 Å². The highest BCUT2D eigenvalue weighted by Crippen LogP contribution is 2.26. The van der Waals surface area contributed by atoms with Crippen molar-refractivity contribution in [2.45, 2.75) is 13.3 Å². The topological polar surface area (TPSA) is 35.5 Å². The summed E-state index contributed by atoms with van der Waals surface area (Å²) in [5.41, 5.74) is 0.582. The molecule has 16 heavy (non-hydrogen) atoms. The van der Waals surface area contributed by atoms with E-state index in [0.29, 0.717) is 23.5 Å². The minimum atomic E-state index is 0.0435. The maximum atomic E-state index is 11.9. The van der Waals surface area contributed by atoms with Crippen LogP contribution < -0.4 is 9.47 Å². The third-order valence-electron chi connectivity index (χ3n) is 2.24. The number of Topliss-reactive ketones (excluding diaryl/α,β-unsaturated/α-hetero) is 1. The van der Waals surface area contributed by atoms with Gasteiger partial charge in [-0.15, -0.1) is 0 Å². The van der Waals surface area contributed by atoms with Gasteiger partial charge in [-0.3, -0.25) is 4.79 Å². The lowest BCUT2D eigenvalue weighted by Gasteiger charge is -2.10. The standard InChI is InChI=1S/C13H17O3/c1-9(2)7-12(14)11-6-5-10(15-3)8-13(11)16-4/h5-6,8-9H,1,7H2,2-4H3. The lowest BCUT2D eigenvalue weighted by Crippen LogP contribution is -2.05. The van der Waals surface area contributed by atoms with Crippen LogP contribution in [0.2, 0.25) is 0 Å². The first-order valence-corrected chi connectivity index (χ1v) is 5.16. The van der Waals surface area contributed by atoms with E-state index in [2.05, 4.69) is 6.92 Å². The van der Waals surface area contributed by atoms with E-state index in [0.717, 1.165) is 0 Å². The Kier molecular flexibility index (Phi) is 4.35. The predicted octanol–water partition coefficient (Wildman–Crippen LogP) is 2.75. The number of carbonyl (C=O) groups is 1. The largest absolute Gasteiger partial charge is 0.497 e. The number of rotatable bonds is 5. The van der Waals surface area contributed by atoms with Gasteiger partial charge in [-0.25, -0.2) is 0 Å². The summed E-state index contributed by atoms with van der Waals surface area (Å²) in [6.07, 6.45) is 0.419. The molecule has 1 atom stereocenters. The van der Waals surface area contributed by atoms with Crippen LogP contribution in [0.3, 0.4) is 0 Å². The average Bonchev–Trinajstić information content (AvgIpc) is 2.27. The zero-order valence-electron chi connectivity index (χ0n) is 9.95. The van der Waals surface area contributed by atoms with Crippen molar-refractivity contribution in [1.29, 1.82) is 0 Å². The zero-order valence-corrected chi connectivity index (χ0v) is 9.95. The van der Waals surface area contributed by atoms with Gasteiger partial charge in [0.15, 0.2) is 5.78 Å². The van der Waals surface area contributed by atoms with Crippen LogP contribution in [0.4, 0.5) is 0 Å². The van der Waals surface area contributed by atoms with Gasteiger partial charge in [0.2, 0.25) is 0 Å². The van der Waals surface area contributed by atoms with Crippen molar-refractivity contribution >= 4 is 5.78 Å². The number of ether oxygens (including phenoxy) is 2. The molecule has 87 valence electrons. The van der Waals surface area contributed by atoms with Gasteiger partial charge in [-0.05, 0) is 18.1 Å². The monoisotopic (exact) mass is 221 g/mol. The molecule has 1 rings (SSSR count). The molecule has 0 saturated carbocycles. The molecular formula is C13H17O3. The third kappa shape index (κ3) is 2.99. The smallest absolute Gasteiger partial charge is 0.166 e. The summed E-state index contributed by atoms with van der Waals surface area (Å²) in [6, 6.07) is 5.19. The molecule has 0 bridgehead atoms. The van der Waals surface area contributed by atoms with Crippen molar-refractivity contribution in [1.82, 2.24) is 0 Å². The lowest BCUT2D eigenvalue weighted by molar-refractivity contribution is 0.0968. The molecule has 0 aromatic heterocycles. The van der Waals surface area contributed by atoms with Crippen LogP contribution in [0.5, 0.6) is 11.5 Å². The van der Waals surface area contributed by atoms with Crippen molar-refractivity contribution in [2.24, 2.45) is 5.92 Å². The Morgan fingerprint density at radius 2 is 2.06 bits per heavy atom. The van der Waals surface area contributed by atoms with Crippen molar-refractivity contribution < 1.29 is 14.3 Å². The van der Waals surface area contributed by atoms with E-state index in [1.807, 2.05) is 6.92 Å². The summed E-state index contributed by atoms with van der Waals surface area (Å²) < 4.78 is 10.2. The van der Waals surface area contributed by atoms with Gasteiger partial charge in [0, 0.05) is 12.5 Å². The molecule has 3 heteroatoms. The average molecular weight is 221 g/mol. The molecule has 0 aliphatic carbocycles. The second-order valence-corrected chi connectivity index (χ2v) is 3.80. The summed E-state index contributed by atoms with van der Waals surface area (Å²) in [7, 11) is 3.12. The Morgan fingerprint density at radius 3 is 2.56 bits per heavy atom. The van der Waals surface area contributed by atoms with Crippen molar-refractivity contribution in [3.05, 3.63) is 30.7 Å². The minimum Gasteiger partial charge on any atom is -0.497 e. The molecule has 0 saturated heterocycles. The van der Waals surface area contributed by atoms with Gasteiger partial charge in [0.05, 0.1) is 19.8 Å². The summed E-state index contributed by atoms with van der Waals surface area (Å²) >= 11 is 0. The molecule has 0 amide bonds. The summed E-state index contributed by atoms with van der Waals surface area (Å²) in [5, 5.41) is 0. The van der Waals surface area contributed by atoms with Crippen molar-refractivity contribution in [3.8, 4) is 11.5 Å². The maximum Gasteiger partial charge on any atom is 0.166 e. The summed E-state index contributed by atoms with van der Waals surface area (Å²) in [5.74, 6) is 1.36. The molecule has 0 aliphatic rings. The minimum absolute atomic E-state index is 0.0435. The van der Waals surface area contributed by atoms with Gasteiger partial charge in [-0.2, -0.15) is 0 Å². The van der Waals surface area contributed by atoms with Crippen LogP contribution in [-0.4, -0.2) is 20.0 Å². The Bertz CT molecular complexity index is 369. The number of ketones is 1. The highest BCUT2D eigenvalue weighted by Gasteiger charge is 2.14. The quantitative estimate of drug-likeness (QED) is 0.717. The zero-order chi connectivity index (χ0) is 12.1. The number of hydrogen-bond donors (Lipinski definition) is 0. The second kappa shape index (κ2) is 5.54. The normalized spacial score (nSPS) is 10.3. The van der Waals surface area contributed by atoms with Crippen LogP contribution in [-0.2, 0) is 0 Å². The van der Waals surface area contributed by atoms with E-state index in [1.165, 1.54) is 0 Å². The fraction of sp³-hybridized carbons (Fsp3) is 0.385. The number of benzene rings is 1. The Labute approximate surface area is 96.4 Å². The molecular weight excluding hydrogens is 204 g/mol. The first-order valence-electron chi connectivity index (χ1n) is 5.16. The molecule has 1 aromatic carbocycles. The molecule has 1 unspecified atom stereocenters. The number of methoxy groups -OCH3 is 2. The molecule has 0 aliphatic heterocycles. The third-order valence-corrected chi connectivity index (χ3v) is 2.24. The van der Waals surface area contributed by atoms with E-state index in [4.69, 9.17) is 9.47 Å². The molecule has 1 radical (unpaired) electrons. The first-order chi connectivity index (χ1) is 7.58. The molecule has 3 nitrogen and oxygen atoms in total. The Morgan fingerprint density at radius 1 is 1.38 bits per heavy atom. The van der Waals surface area contributed by atoms with Gasteiger partial charge < -0.3 is 9.47 Å². The van der Waals surface area contributed by atoms with Crippen molar-refractivity contribution in [2.75, 3.05) is 14.2 Å². The van der Waals surface area contributed by atoms with Crippen LogP contribution in [0.15, 0.2) is 18.2 Å². The second-order valence-electron chi connectivity index (χ2n) is 3.80. The number of carbonyl (C=O) groups excluding carboxylic acids is 1. The van der Waals surface area contributed by atoms with Crippen molar-refractivity contribution in [3.63, 3.8) is 0 Å². The number of hydrogen-bond acceptors (Lipinski definition) is 3. The first kappa shape index (κ1) is 12.6. The van der Waals surface area contributed by atoms with E-state index < -0.39 is 0 Å². The fourth-order valence-electron chi connectivity index (χ4n) is 1.46. The predicted molar refractivity (Wildman–Crippen MR) is 63.0 cm³/mol. The van der Waals surface area contributed by atoms with Gasteiger partial charge in [-0.1, -0.05) is 13.8 Å². The van der Waals surface area contributed by atoms with Crippen LogP contribution >= 0.6 is 0 Å². The summed E-state index contributed by atoms with van der Waals surface area (Å²) in [4.78, 5) is 11.9. The van der Waals surface area contributed by atoms with Crippen LogP contribution in [0, 0.1) is 12.8 Å². The SMILES string of the molecule is [CH2]C(C)CC(=O)c1ccc(OC)cc1OC. The molecule has 0 N–H and O–H groups in total. The lowest BCUT2D eigenvalue weighted by atomic mass is 10.0. The van der Waals surface area contributed by atoms with Gasteiger partial charge in [0.25, 0.3) is 0 Å². The highest BCUT2D eigenvalue weighted by atomic mass is 16.5. The maximum absolute atomic E-state index is 11.9. The Balaban J connectivity index is 2.99.